The first-order chi connectivity index (χ1) is 9.21. The molecule has 2 aliphatic heterocycles. The highest BCUT2D eigenvalue weighted by atomic mass is 79.9. The van der Waals surface area contributed by atoms with E-state index >= 15 is 0 Å². The van der Waals surface area contributed by atoms with E-state index in [9.17, 15) is 0 Å². The summed E-state index contributed by atoms with van der Waals surface area (Å²) in [7, 11) is 0. The number of anilines is 1. The van der Waals surface area contributed by atoms with Crippen molar-refractivity contribution in [1.29, 1.82) is 0 Å². The number of nitrogens with zero attached hydrogens (tertiary/aromatic N) is 1. The van der Waals surface area contributed by atoms with E-state index in [0.29, 0.717) is 6.54 Å². The average molecular weight is 324 g/mol. The predicted octanol–water partition coefficient (Wildman–Crippen LogP) is 2.82. The number of rotatable bonds is 3. The molecule has 2 heterocycles. The fourth-order valence-electron chi connectivity index (χ4n) is 3.55. The Morgan fingerprint density at radius 1 is 1.42 bits per heavy atom. The van der Waals surface area contributed by atoms with Gasteiger partial charge in [0.15, 0.2) is 0 Å². The topological polar surface area (TPSA) is 41.3 Å². The van der Waals surface area contributed by atoms with E-state index < -0.39 is 0 Å². The highest BCUT2D eigenvalue weighted by molar-refractivity contribution is 9.10. The Hall–Kier alpha value is -0.580. The van der Waals surface area contributed by atoms with Crippen LogP contribution < -0.4 is 11.1 Å². The smallest absolute Gasteiger partial charge is 0.0522 e. The van der Waals surface area contributed by atoms with Crippen LogP contribution in [0.4, 0.5) is 5.69 Å². The zero-order chi connectivity index (χ0) is 13.3. The molecule has 3 nitrogen and oxygen atoms in total. The van der Waals surface area contributed by atoms with Crippen LogP contribution in [0.25, 0.3) is 0 Å². The van der Waals surface area contributed by atoms with Crippen molar-refractivity contribution in [2.24, 2.45) is 5.73 Å². The second-order valence-electron chi connectivity index (χ2n) is 5.91. The highest BCUT2D eigenvalue weighted by Gasteiger charge is 2.40. The third-order valence-electron chi connectivity index (χ3n) is 4.63. The van der Waals surface area contributed by atoms with Gasteiger partial charge in [0.25, 0.3) is 0 Å². The first-order valence-corrected chi connectivity index (χ1v) is 7.98. The maximum absolute atomic E-state index is 6.11. The summed E-state index contributed by atoms with van der Waals surface area (Å²) >= 11 is 3.53. The van der Waals surface area contributed by atoms with Gasteiger partial charge in [-0.25, -0.2) is 0 Å². The standard InChI is InChI=1S/C15H22BrN3/c16-12-3-1-4-13(9-12)18-15(11-17)6-8-19-7-2-5-14(19)10-15/h1,3-4,9,14,18H,2,5-8,10-11,17H2. The van der Waals surface area contributed by atoms with Crippen molar-refractivity contribution < 1.29 is 0 Å². The third-order valence-corrected chi connectivity index (χ3v) is 5.12. The summed E-state index contributed by atoms with van der Waals surface area (Å²) in [6.45, 7) is 3.18. The van der Waals surface area contributed by atoms with Gasteiger partial charge in [-0.1, -0.05) is 22.0 Å². The minimum Gasteiger partial charge on any atom is -0.378 e. The summed E-state index contributed by atoms with van der Waals surface area (Å²) in [6.07, 6.45) is 5.01. The first kappa shape index (κ1) is 13.4. The molecule has 4 heteroatoms. The second-order valence-corrected chi connectivity index (χ2v) is 6.82. The lowest BCUT2D eigenvalue weighted by Gasteiger charge is -2.44. The quantitative estimate of drug-likeness (QED) is 0.898. The molecule has 0 aliphatic carbocycles. The Labute approximate surface area is 123 Å². The van der Waals surface area contributed by atoms with Crippen LogP contribution in [-0.2, 0) is 0 Å². The molecule has 1 aromatic rings. The number of benzene rings is 1. The molecule has 19 heavy (non-hydrogen) atoms. The van der Waals surface area contributed by atoms with Crippen LogP contribution in [0.3, 0.4) is 0 Å². The summed E-state index contributed by atoms with van der Waals surface area (Å²) in [5, 5.41) is 3.72. The summed E-state index contributed by atoms with van der Waals surface area (Å²) < 4.78 is 1.11. The van der Waals surface area contributed by atoms with Gasteiger partial charge >= 0.3 is 0 Å². The zero-order valence-electron chi connectivity index (χ0n) is 11.2. The van der Waals surface area contributed by atoms with E-state index in [1.165, 1.54) is 38.0 Å². The van der Waals surface area contributed by atoms with Gasteiger partial charge in [-0.2, -0.15) is 0 Å². The maximum Gasteiger partial charge on any atom is 0.0522 e. The van der Waals surface area contributed by atoms with Crippen LogP contribution in [0, 0.1) is 0 Å². The van der Waals surface area contributed by atoms with Gasteiger partial charge in [0.05, 0.1) is 5.54 Å². The van der Waals surface area contributed by atoms with Crippen LogP contribution in [0.1, 0.15) is 25.7 Å². The summed E-state index contributed by atoms with van der Waals surface area (Å²) in [5.74, 6) is 0. The fourth-order valence-corrected chi connectivity index (χ4v) is 3.95. The molecule has 2 atom stereocenters. The van der Waals surface area contributed by atoms with E-state index in [2.05, 4.69) is 50.4 Å². The lowest BCUT2D eigenvalue weighted by atomic mass is 9.83. The molecule has 2 saturated heterocycles. The molecular formula is C15H22BrN3. The molecule has 0 amide bonds. The Bertz CT molecular complexity index is 451. The molecular weight excluding hydrogens is 302 g/mol. The van der Waals surface area contributed by atoms with Crippen molar-refractivity contribution in [3.05, 3.63) is 28.7 Å². The largest absolute Gasteiger partial charge is 0.378 e. The van der Waals surface area contributed by atoms with Crippen LogP contribution in [-0.4, -0.2) is 36.1 Å². The first-order valence-electron chi connectivity index (χ1n) is 7.19. The number of fused-ring (bicyclic) bond motifs is 1. The molecule has 0 aromatic heterocycles. The van der Waals surface area contributed by atoms with Crippen LogP contribution in [0.15, 0.2) is 28.7 Å². The van der Waals surface area contributed by atoms with Crippen molar-refractivity contribution in [3.63, 3.8) is 0 Å². The molecule has 104 valence electrons. The number of nitrogens with two attached hydrogens (primary N) is 1. The highest BCUT2D eigenvalue weighted by Crippen LogP contribution is 2.35. The summed E-state index contributed by atoms with van der Waals surface area (Å²) in [6, 6.07) is 9.12. The van der Waals surface area contributed by atoms with Gasteiger partial charge in [-0.15, -0.1) is 0 Å². The molecule has 2 fully saturated rings. The molecule has 3 rings (SSSR count). The normalized spacial score (nSPS) is 31.2. The van der Waals surface area contributed by atoms with Crippen molar-refractivity contribution in [3.8, 4) is 0 Å². The summed E-state index contributed by atoms with van der Waals surface area (Å²) in [5.41, 5.74) is 7.36. The fraction of sp³-hybridized carbons (Fsp3) is 0.600. The molecule has 2 aliphatic rings. The minimum absolute atomic E-state index is 0.0757. The lowest BCUT2D eigenvalue weighted by Crippen LogP contribution is -2.55. The molecule has 0 saturated carbocycles. The second kappa shape index (κ2) is 5.43. The molecule has 3 N–H and O–H groups in total. The van der Waals surface area contributed by atoms with Crippen molar-refractivity contribution >= 4 is 21.6 Å². The number of hydrogen-bond acceptors (Lipinski definition) is 3. The Kier molecular flexibility index (Phi) is 3.83. The average Bonchev–Trinajstić information content (AvgIpc) is 2.86. The van der Waals surface area contributed by atoms with E-state index in [1.54, 1.807) is 0 Å². The number of halogens is 1. The van der Waals surface area contributed by atoms with Gasteiger partial charge in [0.1, 0.15) is 0 Å². The lowest BCUT2D eigenvalue weighted by molar-refractivity contribution is 0.145. The van der Waals surface area contributed by atoms with Crippen molar-refractivity contribution in [2.45, 2.75) is 37.3 Å². The van der Waals surface area contributed by atoms with Crippen LogP contribution in [0.2, 0.25) is 0 Å². The number of piperidine rings is 1. The third kappa shape index (κ3) is 2.81. The van der Waals surface area contributed by atoms with Gasteiger partial charge < -0.3 is 16.0 Å². The molecule has 0 bridgehead atoms. The summed E-state index contributed by atoms with van der Waals surface area (Å²) in [4.78, 5) is 2.64. The van der Waals surface area contributed by atoms with E-state index in [0.717, 1.165) is 16.9 Å². The van der Waals surface area contributed by atoms with Crippen LogP contribution >= 0.6 is 15.9 Å². The Morgan fingerprint density at radius 2 is 2.32 bits per heavy atom. The minimum atomic E-state index is 0.0757. The predicted molar refractivity (Wildman–Crippen MR) is 83.4 cm³/mol. The van der Waals surface area contributed by atoms with Gasteiger partial charge in [0, 0.05) is 29.3 Å². The van der Waals surface area contributed by atoms with Crippen molar-refractivity contribution in [1.82, 2.24) is 4.90 Å². The van der Waals surface area contributed by atoms with Gasteiger partial charge in [-0.3, -0.25) is 0 Å². The van der Waals surface area contributed by atoms with Gasteiger partial charge in [0.2, 0.25) is 0 Å². The van der Waals surface area contributed by atoms with E-state index in [-0.39, 0.29) is 5.54 Å². The molecule has 2 unspecified atom stereocenters. The molecule has 0 radical (unpaired) electrons. The van der Waals surface area contributed by atoms with E-state index in [1.807, 2.05) is 0 Å². The molecule has 1 aromatic carbocycles. The maximum atomic E-state index is 6.11. The van der Waals surface area contributed by atoms with Crippen LogP contribution in [0.5, 0.6) is 0 Å². The Morgan fingerprint density at radius 3 is 3.11 bits per heavy atom. The number of nitrogens with one attached hydrogen (secondary N) is 1. The van der Waals surface area contributed by atoms with Crippen molar-refractivity contribution in [2.75, 3.05) is 25.0 Å². The molecule has 0 spiro atoms. The monoisotopic (exact) mass is 323 g/mol. The zero-order valence-corrected chi connectivity index (χ0v) is 12.8. The number of hydrogen-bond donors (Lipinski definition) is 2. The SMILES string of the molecule is NCC1(Nc2cccc(Br)c2)CCN2CCCC2C1. The van der Waals surface area contributed by atoms with E-state index in [4.69, 9.17) is 5.73 Å². The Balaban J connectivity index is 1.76. The van der Waals surface area contributed by atoms with Gasteiger partial charge in [-0.05, 0) is 50.4 Å².